The van der Waals surface area contributed by atoms with Crippen molar-refractivity contribution in [3.63, 3.8) is 0 Å². The van der Waals surface area contributed by atoms with Crippen LogP contribution in [0.1, 0.15) is 22.9 Å². The van der Waals surface area contributed by atoms with E-state index in [4.69, 9.17) is 0 Å². The molecule has 1 heterocycles. The normalized spacial score (nSPS) is 12.7. The van der Waals surface area contributed by atoms with Gasteiger partial charge in [0, 0.05) is 23.9 Å². The van der Waals surface area contributed by atoms with Gasteiger partial charge in [-0.1, -0.05) is 6.07 Å². The molecule has 2 rings (SSSR count). The summed E-state index contributed by atoms with van der Waals surface area (Å²) in [6, 6.07) is 3.33. The van der Waals surface area contributed by atoms with Gasteiger partial charge in [-0.15, -0.1) is 0 Å². The summed E-state index contributed by atoms with van der Waals surface area (Å²) in [5, 5.41) is 7.04. The van der Waals surface area contributed by atoms with Crippen LogP contribution in [0.25, 0.3) is 0 Å². The number of halogens is 2. The molecule has 0 saturated carbocycles. The quantitative estimate of drug-likeness (QED) is 0.907. The fourth-order valence-electron chi connectivity index (χ4n) is 2.04. The standard InChI is InChI=1S/C13H15F2N3/c1-8-9(7-17-18(8)3)13(16-2)12-10(14)5-4-6-11(12)15/h4-7,13,16H,1-3H3. The maximum atomic E-state index is 13.8. The van der Waals surface area contributed by atoms with Gasteiger partial charge >= 0.3 is 0 Å². The van der Waals surface area contributed by atoms with E-state index in [1.165, 1.54) is 18.2 Å². The van der Waals surface area contributed by atoms with Crippen LogP contribution in [0.4, 0.5) is 8.78 Å². The maximum Gasteiger partial charge on any atom is 0.131 e. The Morgan fingerprint density at radius 1 is 1.28 bits per heavy atom. The SMILES string of the molecule is CNC(c1cnn(C)c1C)c1c(F)cccc1F. The lowest BCUT2D eigenvalue weighted by molar-refractivity contribution is 0.521. The first-order valence-electron chi connectivity index (χ1n) is 5.66. The highest BCUT2D eigenvalue weighted by Gasteiger charge is 2.23. The molecule has 96 valence electrons. The lowest BCUT2D eigenvalue weighted by Crippen LogP contribution is -2.21. The Hall–Kier alpha value is -1.75. The summed E-state index contributed by atoms with van der Waals surface area (Å²) in [6.45, 7) is 1.87. The molecule has 0 aliphatic carbocycles. The fourth-order valence-corrected chi connectivity index (χ4v) is 2.04. The van der Waals surface area contributed by atoms with Gasteiger partial charge in [0.25, 0.3) is 0 Å². The Morgan fingerprint density at radius 3 is 2.33 bits per heavy atom. The van der Waals surface area contributed by atoms with Crippen LogP contribution in [0.3, 0.4) is 0 Å². The Balaban J connectivity index is 2.56. The first kappa shape index (κ1) is 12.7. The molecule has 0 amide bonds. The lowest BCUT2D eigenvalue weighted by Gasteiger charge is -2.18. The molecule has 0 bridgehead atoms. The molecule has 3 nitrogen and oxygen atoms in total. The average Bonchev–Trinajstić information content (AvgIpc) is 2.66. The van der Waals surface area contributed by atoms with Crippen LogP contribution in [0.15, 0.2) is 24.4 Å². The van der Waals surface area contributed by atoms with Crippen LogP contribution in [-0.4, -0.2) is 16.8 Å². The Kier molecular flexibility index (Phi) is 3.43. The predicted molar refractivity (Wildman–Crippen MR) is 65.2 cm³/mol. The van der Waals surface area contributed by atoms with Crippen molar-refractivity contribution in [3.05, 3.63) is 52.9 Å². The highest BCUT2D eigenvalue weighted by Crippen LogP contribution is 2.28. The third-order valence-corrected chi connectivity index (χ3v) is 3.16. The number of aryl methyl sites for hydroxylation is 1. The summed E-state index contributed by atoms with van der Waals surface area (Å²) < 4.78 is 29.3. The monoisotopic (exact) mass is 251 g/mol. The van der Waals surface area contributed by atoms with Gasteiger partial charge in [-0.25, -0.2) is 8.78 Å². The van der Waals surface area contributed by atoms with Crippen molar-refractivity contribution >= 4 is 0 Å². The van der Waals surface area contributed by atoms with Gasteiger partial charge in [-0.05, 0) is 26.1 Å². The Labute approximate surface area is 104 Å². The molecule has 0 radical (unpaired) electrons. The van der Waals surface area contributed by atoms with Crippen molar-refractivity contribution in [1.82, 2.24) is 15.1 Å². The van der Waals surface area contributed by atoms with Crippen molar-refractivity contribution in [1.29, 1.82) is 0 Å². The minimum Gasteiger partial charge on any atom is -0.309 e. The van der Waals surface area contributed by atoms with Gasteiger partial charge in [0.1, 0.15) is 11.6 Å². The number of rotatable bonds is 3. The molecule has 0 fully saturated rings. The number of benzene rings is 1. The van der Waals surface area contributed by atoms with Crippen molar-refractivity contribution in [2.45, 2.75) is 13.0 Å². The third kappa shape index (κ3) is 2.01. The lowest BCUT2D eigenvalue weighted by atomic mass is 9.98. The second-order valence-corrected chi connectivity index (χ2v) is 4.17. The van der Waals surface area contributed by atoms with E-state index in [1.54, 1.807) is 25.0 Å². The van der Waals surface area contributed by atoms with Crippen LogP contribution < -0.4 is 5.32 Å². The predicted octanol–water partition coefficient (Wildman–Crippen LogP) is 2.32. The molecule has 1 aromatic heterocycles. The smallest absolute Gasteiger partial charge is 0.131 e. The molecule has 0 aliphatic heterocycles. The van der Waals surface area contributed by atoms with Crippen LogP contribution in [0, 0.1) is 18.6 Å². The van der Waals surface area contributed by atoms with Crippen LogP contribution in [0.5, 0.6) is 0 Å². The van der Waals surface area contributed by atoms with Gasteiger partial charge in [-0.3, -0.25) is 4.68 Å². The van der Waals surface area contributed by atoms with Gasteiger partial charge in [0.15, 0.2) is 0 Å². The topological polar surface area (TPSA) is 29.9 Å². The Bertz CT molecular complexity index is 543. The molecule has 1 atom stereocenters. The number of hydrogen-bond acceptors (Lipinski definition) is 2. The molecule has 1 N–H and O–H groups in total. The van der Waals surface area contributed by atoms with Crippen LogP contribution in [0.2, 0.25) is 0 Å². The molecule has 2 aromatic rings. The van der Waals surface area contributed by atoms with E-state index in [1.807, 2.05) is 6.92 Å². The average molecular weight is 251 g/mol. The molecule has 5 heteroatoms. The first-order valence-corrected chi connectivity index (χ1v) is 5.66. The van der Waals surface area contributed by atoms with Gasteiger partial charge in [-0.2, -0.15) is 5.10 Å². The molecule has 1 unspecified atom stereocenters. The second-order valence-electron chi connectivity index (χ2n) is 4.17. The molecule has 0 spiro atoms. The highest BCUT2D eigenvalue weighted by molar-refractivity contribution is 5.34. The van der Waals surface area contributed by atoms with Crippen LogP contribution in [-0.2, 0) is 7.05 Å². The van der Waals surface area contributed by atoms with Crippen molar-refractivity contribution in [3.8, 4) is 0 Å². The van der Waals surface area contributed by atoms with Crippen molar-refractivity contribution < 1.29 is 8.78 Å². The molecule has 1 aromatic carbocycles. The molecule has 18 heavy (non-hydrogen) atoms. The summed E-state index contributed by atoms with van der Waals surface area (Å²) in [7, 11) is 3.46. The number of nitrogens with zero attached hydrogens (tertiary/aromatic N) is 2. The summed E-state index contributed by atoms with van der Waals surface area (Å²) >= 11 is 0. The zero-order valence-electron chi connectivity index (χ0n) is 10.5. The second kappa shape index (κ2) is 4.86. The van der Waals surface area contributed by atoms with E-state index in [9.17, 15) is 8.78 Å². The van der Waals surface area contributed by atoms with Crippen molar-refractivity contribution in [2.75, 3.05) is 7.05 Å². The Morgan fingerprint density at radius 2 is 1.89 bits per heavy atom. The molecular formula is C13H15F2N3. The minimum absolute atomic E-state index is 0.0242. The zero-order valence-corrected chi connectivity index (χ0v) is 10.5. The number of nitrogens with one attached hydrogen (secondary N) is 1. The maximum absolute atomic E-state index is 13.8. The first-order chi connectivity index (χ1) is 8.56. The van der Waals surface area contributed by atoms with Gasteiger partial charge in [0.05, 0.1) is 12.2 Å². The zero-order chi connectivity index (χ0) is 13.3. The number of hydrogen-bond donors (Lipinski definition) is 1. The summed E-state index contributed by atoms with van der Waals surface area (Å²) in [5.41, 5.74) is 1.66. The molecular weight excluding hydrogens is 236 g/mol. The fraction of sp³-hybridized carbons (Fsp3) is 0.308. The van der Waals surface area contributed by atoms with E-state index in [2.05, 4.69) is 10.4 Å². The van der Waals surface area contributed by atoms with E-state index in [0.717, 1.165) is 11.3 Å². The minimum atomic E-state index is -0.558. The summed E-state index contributed by atoms with van der Waals surface area (Å²) in [5.74, 6) is -1.12. The molecule has 0 saturated heterocycles. The number of aromatic nitrogens is 2. The largest absolute Gasteiger partial charge is 0.309 e. The van der Waals surface area contributed by atoms with E-state index >= 15 is 0 Å². The highest BCUT2D eigenvalue weighted by atomic mass is 19.1. The van der Waals surface area contributed by atoms with Crippen molar-refractivity contribution in [2.24, 2.45) is 7.05 Å². The van der Waals surface area contributed by atoms with E-state index in [0.29, 0.717) is 0 Å². The van der Waals surface area contributed by atoms with Crippen LogP contribution >= 0.6 is 0 Å². The third-order valence-electron chi connectivity index (χ3n) is 3.16. The van der Waals surface area contributed by atoms with E-state index in [-0.39, 0.29) is 5.56 Å². The van der Waals surface area contributed by atoms with Gasteiger partial charge < -0.3 is 5.32 Å². The van der Waals surface area contributed by atoms with E-state index < -0.39 is 17.7 Å². The molecule has 0 aliphatic rings. The summed E-state index contributed by atoms with van der Waals surface area (Å²) in [6.07, 6.45) is 1.63. The van der Waals surface area contributed by atoms with Gasteiger partial charge in [0.2, 0.25) is 0 Å². The summed E-state index contributed by atoms with van der Waals surface area (Å²) in [4.78, 5) is 0.